The van der Waals surface area contributed by atoms with Crippen LogP contribution in [0.4, 0.5) is 4.79 Å². The van der Waals surface area contributed by atoms with Gasteiger partial charge in [0.2, 0.25) is 10.0 Å². The first-order valence-electron chi connectivity index (χ1n) is 8.17. The molecule has 0 aliphatic heterocycles. The van der Waals surface area contributed by atoms with Crippen LogP contribution in [0.1, 0.15) is 51.8 Å². The van der Waals surface area contributed by atoms with Crippen LogP contribution < -0.4 is 15.4 Å². The molecule has 24 heavy (non-hydrogen) atoms. The van der Waals surface area contributed by atoms with Gasteiger partial charge < -0.3 is 10.6 Å². The SMILES string of the molecule is CCS(=O)(=O)NCCNC(=O)NC(C)c1ccc(C(C)(C)C)cc1. The van der Waals surface area contributed by atoms with Crippen LogP contribution in [-0.2, 0) is 15.4 Å². The van der Waals surface area contributed by atoms with Crippen molar-refractivity contribution < 1.29 is 13.2 Å². The van der Waals surface area contributed by atoms with Gasteiger partial charge in [0.1, 0.15) is 0 Å². The molecule has 0 spiro atoms. The number of nitrogens with one attached hydrogen (secondary N) is 3. The lowest BCUT2D eigenvalue weighted by atomic mass is 9.86. The van der Waals surface area contributed by atoms with Gasteiger partial charge in [-0.25, -0.2) is 17.9 Å². The summed E-state index contributed by atoms with van der Waals surface area (Å²) in [4.78, 5) is 11.8. The molecule has 3 N–H and O–H groups in total. The number of benzene rings is 1. The van der Waals surface area contributed by atoms with Gasteiger partial charge in [0.25, 0.3) is 0 Å². The van der Waals surface area contributed by atoms with E-state index in [0.717, 1.165) is 5.56 Å². The summed E-state index contributed by atoms with van der Waals surface area (Å²) < 4.78 is 24.9. The highest BCUT2D eigenvalue weighted by Gasteiger charge is 2.15. The van der Waals surface area contributed by atoms with Crippen LogP contribution >= 0.6 is 0 Å². The van der Waals surface area contributed by atoms with Gasteiger partial charge in [-0.2, -0.15) is 0 Å². The second kappa shape index (κ2) is 8.48. The van der Waals surface area contributed by atoms with Crippen LogP contribution in [0.5, 0.6) is 0 Å². The predicted molar refractivity (Wildman–Crippen MR) is 97.6 cm³/mol. The monoisotopic (exact) mass is 355 g/mol. The Balaban J connectivity index is 2.44. The van der Waals surface area contributed by atoms with E-state index in [2.05, 4.69) is 48.3 Å². The molecule has 2 amide bonds. The molecule has 1 aromatic carbocycles. The standard InChI is InChI=1S/C17H29N3O3S/c1-6-24(22,23)19-12-11-18-16(21)20-13(2)14-7-9-15(10-8-14)17(3,4)5/h7-10,13,19H,6,11-12H2,1-5H3,(H2,18,20,21). The first kappa shape index (κ1) is 20.4. The van der Waals surface area contributed by atoms with Crippen molar-refractivity contribution >= 4 is 16.1 Å². The lowest BCUT2D eigenvalue weighted by Gasteiger charge is -2.21. The van der Waals surface area contributed by atoms with Crippen molar-refractivity contribution in [2.75, 3.05) is 18.8 Å². The molecule has 0 fully saturated rings. The fraction of sp³-hybridized carbons (Fsp3) is 0.588. The van der Waals surface area contributed by atoms with E-state index in [1.807, 2.05) is 19.1 Å². The molecule has 1 atom stereocenters. The minimum atomic E-state index is -3.22. The molecule has 0 aliphatic rings. The number of sulfonamides is 1. The average Bonchev–Trinajstić information content (AvgIpc) is 2.51. The summed E-state index contributed by atoms with van der Waals surface area (Å²) in [6.45, 7) is 10.4. The first-order valence-corrected chi connectivity index (χ1v) is 9.82. The molecule has 0 aromatic heterocycles. The number of hydrogen-bond acceptors (Lipinski definition) is 3. The third-order valence-corrected chi connectivity index (χ3v) is 5.14. The van der Waals surface area contributed by atoms with Crippen molar-refractivity contribution in [1.29, 1.82) is 0 Å². The quantitative estimate of drug-likeness (QED) is 0.656. The van der Waals surface area contributed by atoms with Crippen LogP contribution in [0.2, 0.25) is 0 Å². The molecule has 6 nitrogen and oxygen atoms in total. The largest absolute Gasteiger partial charge is 0.337 e. The van der Waals surface area contributed by atoms with E-state index in [1.165, 1.54) is 5.56 Å². The van der Waals surface area contributed by atoms with E-state index in [4.69, 9.17) is 0 Å². The van der Waals surface area contributed by atoms with Crippen LogP contribution in [0, 0.1) is 0 Å². The average molecular weight is 356 g/mol. The highest BCUT2D eigenvalue weighted by molar-refractivity contribution is 7.89. The molecule has 1 unspecified atom stereocenters. The molecular weight excluding hydrogens is 326 g/mol. The topological polar surface area (TPSA) is 87.3 Å². The third-order valence-electron chi connectivity index (χ3n) is 3.74. The Bertz CT molecular complexity index is 634. The maximum atomic E-state index is 11.8. The Morgan fingerprint density at radius 3 is 2.21 bits per heavy atom. The normalized spacial score (nSPS) is 13.4. The van der Waals surface area contributed by atoms with Gasteiger partial charge in [0, 0.05) is 13.1 Å². The highest BCUT2D eigenvalue weighted by atomic mass is 32.2. The molecule has 0 saturated heterocycles. The second-order valence-electron chi connectivity index (χ2n) is 6.79. The summed E-state index contributed by atoms with van der Waals surface area (Å²) in [5, 5.41) is 5.48. The number of hydrogen-bond donors (Lipinski definition) is 3. The van der Waals surface area contributed by atoms with Crippen LogP contribution in [0.15, 0.2) is 24.3 Å². The van der Waals surface area contributed by atoms with Gasteiger partial charge in [-0.3, -0.25) is 0 Å². The first-order chi connectivity index (χ1) is 11.0. The lowest BCUT2D eigenvalue weighted by Crippen LogP contribution is -2.41. The van der Waals surface area contributed by atoms with Gasteiger partial charge in [0.05, 0.1) is 11.8 Å². The van der Waals surface area contributed by atoms with Crippen LogP contribution in [0.3, 0.4) is 0 Å². The Morgan fingerprint density at radius 1 is 1.12 bits per heavy atom. The number of carbonyl (C=O) groups is 1. The molecular formula is C17H29N3O3S. The smallest absolute Gasteiger partial charge is 0.315 e. The minimum absolute atomic E-state index is 0.0286. The van der Waals surface area contributed by atoms with E-state index >= 15 is 0 Å². The van der Waals surface area contributed by atoms with E-state index in [9.17, 15) is 13.2 Å². The Labute approximate surface area is 145 Å². The maximum Gasteiger partial charge on any atom is 0.315 e. The minimum Gasteiger partial charge on any atom is -0.337 e. The van der Waals surface area contributed by atoms with Crippen molar-refractivity contribution in [2.24, 2.45) is 0 Å². The number of carbonyl (C=O) groups excluding carboxylic acids is 1. The number of rotatable bonds is 7. The molecule has 1 aromatic rings. The number of amides is 2. The summed E-state index contributed by atoms with van der Waals surface area (Å²) in [6.07, 6.45) is 0. The highest BCUT2D eigenvalue weighted by Crippen LogP contribution is 2.23. The Kier molecular flexibility index (Phi) is 7.23. The maximum absolute atomic E-state index is 11.8. The van der Waals surface area contributed by atoms with Gasteiger partial charge in [0.15, 0.2) is 0 Å². The third kappa shape index (κ3) is 6.88. The van der Waals surface area contributed by atoms with E-state index in [0.29, 0.717) is 0 Å². The Morgan fingerprint density at radius 2 is 1.71 bits per heavy atom. The van der Waals surface area contributed by atoms with Crippen molar-refractivity contribution in [3.8, 4) is 0 Å². The van der Waals surface area contributed by atoms with Crippen LogP contribution in [0.25, 0.3) is 0 Å². The molecule has 1 rings (SSSR count). The van der Waals surface area contributed by atoms with Gasteiger partial charge in [-0.05, 0) is 30.4 Å². The zero-order valence-electron chi connectivity index (χ0n) is 15.1. The Hall–Kier alpha value is -1.60. The summed E-state index contributed by atoms with van der Waals surface area (Å²) in [5.74, 6) is 0.0286. The zero-order valence-corrected chi connectivity index (χ0v) is 16.0. The molecule has 0 saturated carbocycles. The fourth-order valence-electron chi connectivity index (χ4n) is 2.09. The second-order valence-corrected chi connectivity index (χ2v) is 8.89. The van der Waals surface area contributed by atoms with E-state index in [1.54, 1.807) is 6.92 Å². The summed E-state index contributed by atoms with van der Waals surface area (Å²) in [7, 11) is -3.22. The molecule has 0 aliphatic carbocycles. The van der Waals surface area contributed by atoms with Crippen molar-refractivity contribution in [3.05, 3.63) is 35.4 Å². The fourth-order valence-corrected chi connectivity index (χ4v) is 2.70. The lowest BCUT2D eigenvalue weighted by molar-refractivity contribution is 0.238. The van der Waals surface area contributed by atoms with Gasteiger partial charge >= 0.3 is 6.03 Å². The van der Waals surface area contributed by atoms with Crippen LogP contribution in [-0.4, -0.2) is 33.3 Å². The van der Waals surface area contributed by atoms with Gasteiger partial charge in [-0.1, -0.05) is 45.0 Å². The van der Waals surface area contributed by atoms with E-state index in [-0.39, 0.29) is 36.3 Å². The van der Waals surface area contributed by atoms with E-state index < -0.39 is 10.0 Å². The predicted octanol–water partition coefficient (Wildman–Crippen LogP) is 2.28. The summed E-state index contributed by atoms with van der Waals surface area (Å²) >= 11 is 0. The molecule has 0 bridgehead atoms. The molecule has 0 radical (unpaired) electrons. The van der Waals surface area contributed by atoms with Gasteiger partial charge in [-0.15, -0.1) is 0 Å². The molecule has 136 valence electrons. The zero-order chi connectivity index (χ0) is 18.4. The summed E-state index contributed by atoms with van der Waals surface area (Å²) in [5.41, 5.74) is 2.36. The molecule has 0 heterocycles. The van der Waals surface area contributed by atoms with Crippen molar-refractivity contribution in [3.63, 3.8) is 0 Å². The van der Waals surface area contributed by atoms with Crippen molar-refractivity contribution in [1.82, 2.24) is 15.4 Å². The summed E-state index contributed by atoms with van der Waals surface area (Å²) in [6, 6.07) is 7.72. The van der Waals surface area contributed by atoms with Crippen molar-refractivity contribution in [2.45, 2.75) is 46.1 Å². The number of urea groups is 1. The molecule has 7 heteroatoms.